The molecule has 1 amide bonds. The number of pyridine rings is 1. The zero-order chi connectivity index (χ0) is 14.7. The predicted molar refractivity (Wildman–Crippen MR) is 91.1 cm³/mol. The summed E-state index contributed by atoms with van der Waals surface area (Å²) >= 11 is 5.76. The number of halogens is 2. The first-order chi connectivity index (χ1) is 10.2. The molecule has 1 aromatic carbocycles. The molecule has 1 unspecified atom stereocenters. The molecule has 116 valence electrons. The topological polar surface area (TPSA) is 54.0 Å². The van der Waals surface area contributed by atoms with Gasteiger partial charge in [-0.05, 0) is 48.7 Å². The summed E-state index contributed by atoms with van der Waals surface area (Å²) < 4.78 is 0. The number of hydrogen-bond donors (Lipinski definition) is 2. The number of nitrogens with one attached hydrogen (secondary N) is 2. The van der Waals surface area contributed by atoms with Gasteiger partial charge in [-0.25, -0.2) is 4.98 Å². The highest BCUT2D eigenvalue weighted by molar-refractivity contribution is 6.30. The summed E-state index contributed by atoms with van der Waals surface area (Å²) in [7, 11) is 0. The Bertz CT molecular complexity index is 623. The first-order valence-corrected chi connectivity index (χ1v) is 7.34. The second-order valence-corrected chi connectivity index (χ2v) is 5.56. The molecule has 1 aromatic heterocycles. The van der Waals surface area contributed by atoms with Crippen molar-refractivity contribution >= 4 is 35.6 Å². The molecule has 2 heterocycles. The molecule has 2 N–H and O–H groups in total. The van der Waals surface area contributed by atoms with Gasteiger partial charge >= 0.3 is 0 Å². The van der Waals surface area contributed by atoms with Gasteiger partial charge in [0.05, 0.1) is 5.02 Å². The van der Waals surface area contributed by atoms with Gasteiger partial charge in [0, 0.05) is 18.4 Å². The van der Waals surface area contributed by atoms with Crippen LogP contribution >= 0.6 is 24.0 Å². The minimum Gasteiger partial charge on any atom is -0.321 e. The van der Waals surface area contributed by atoms with Crippen LogP contribution in [0.5, 0.6) is 0 Å². The van der Waals surface area contributed by atoms with E-state index in [9.17, 15) is 4.79 Å². The molecule has 0 radical (unpaired) electrons. The van der Waals surface area contributed by atoms with Crippen molar-refractivity contribution in [2.24, 2.45) is 0 Å². The second-order valence-electron chi connectivity index (χ2n) is 5.13. The van der Waals surface area contributed by atoms with E-state index in [1.54, 1.807) is 12.1 Å². The molecular formula is C16H17Cl2N3O. The average Bonchev–Trinajstić information content (AvgIpc) is 3.03. The summed E-state index contributed by atoms with van der Waals surface area (Å²) in [5.41, 5.74) is 2.43. The fraction of sp³-hybridized carbons (Fsp3) is 0.250. The van der Waals surface area contributed by atoms with E-state index in [2.05, 4.69) is 27.8 Å². The monoisotopic (exact) mass is 337 g/mol. The molecule has 0 saturated carbocycles. The lowest BCUT2D eigenvalue weighted by molar-refractivity contribution is 0.102. The Hall–Kier alpha value is -1.62. The highest BCUT2D eigenvalue weighted by atomic mass is 35.5. The van der Waals surface area contributed by atoms with E-state index in [4.69, 9.17) is 11.6 Å². The molecule has 0 aliphatic carbocycles. The summed E-state index contributed by atoms with van der Waals surface area (Å²) in [6.45, 7) is 2.10. The van der Waals surface area contributed by atoms with Gasteiger partial charge < -0.3 is 10.6 Å². The van der Waals surface area contributed by atoms with Gasteiger partial charge in [-0.15, -0.1) is 12.4 Å². The van der Waals surface area contributed by atoms with Crippen LogP contribution in [0.2, 0.25) is 5.02 Å². The maximum absolute atomic E-state index is 12.0. The highest BCUT2D eigenvalue weighted by Crippen LogP contribution is 2.23. The summed E-state index contributed by atoms with van der Waals surface area (Å²) in [6.07, 6.45) is 2.63. The maximum Gasteiger partial charge on any atom is 0.274 e. The Morgan fingerprint density at radius 2 is 2.00 bits per heavy atom. The van der Waals surface area contributed by atoms with E-state index in [1.165, 1.54) is 18.2 Å². The van der Waals surface area contributed by atoms with E-state index in [0.717, 1.165) is 18.8 Å². The Kier molecular flexibility index (Phi) is 5.77. The first kappa shape index (κ1) is 16.7. The van der Waals surface area contributed by atoms with Crippen molar-refractivity contribution in [2.75, 3.05) is 18.4 Å². The molecular weight excluding hydrogens is 321 g/mol. The standard InChI is InChI=1S/C16H16ClN3O.ClH/c17-13-3-6-15(19-10-13)16(21)20-14-4-1-11(2-5-14)12-7-8-18-9-12;/h1-6,10,12,18H,7-9H2,(H,20,21);1H. The number of carbonyl (C=O) groups is 1. The van der Waals surface area contributed by atoms with Crippen molar-refractivity contribution in [1.82, 2.24) is 10.3 Å². The third-order valence-corrected chi connectivity index (χ3v) is 3.88. The fourth-order valence-electron chi connectivity index (χ4n) is 2.48. The van der Waals surface area contributed by atoms with Crippen LogP contribution in [0.3, 0.4) is 0 Å². The van der Waals surface area contributed by atoms with Crippen molar-refractivity contribution in [1.29, 1.82) is 0 Å². The van der Waals surface area contributed by atoms with Gasteiger partial charge in [-0.1, -0.05) is 23.7 Å². The molecule has 1 aliphatic rings. The fourth-order valence-corrected chi connectivity index (χ4v) is 2.59. The van der Waals surface area contributed by atoms with Crippen LogP contribution in [0, 0.1) is 0 Å². The van der Waals surface area contributed by atoms with Crippen molar-refractivity contribution in [2.45, 2.75) is 12.3 Å². The predicted octanol–water partition coefficient (Wildman–Crippen LogP) is 3.49. The van der Waals surface area contributed by atoms with Crippen molar-refractivity contribution < 1.29 is 4.79 Å². The second kappa shape index (κ2) is 7.58. The Morgan fingerprint density at radius 1 is 1.23 bits per heavy atom. The number of carbonyl (C=O) groups excluding carboxylic acids is 1. The van der Waals surface area contributed by atoms with E-state index in [1.807, 2.05) is 12.1 Å². The third kappa shape index (κ3) is 3.97. The summed E-state index contributed by atoms with van der Waals surface area (Å²) in [5, 5.41) is 6.71. The maximum atomic E-state index is 12.0. The van der Waals surface area contributed by atoms with Gasteiger partial charge in [0.25, 0.3) is 5.91 Å². The van der Waals surface area contributed by atoms with E-state index in [0.29, 0.717) is 16.6 Å². The Balaban J connectivity index is 0.00000176. The molecule has 22 heavy (non-hydrogen) atoms. The molecule has 6 heteroatoms. The van der Waals surface area contributed by atoms with Crippen LogP contribution in [0.1, 0.15) is 28.4 Å². The minimum atomic E-state index is -0.234. The highest BCUT2D eigenvalue weighted by Gasteiger charge is 2.16. The van der Waals surface area contributed by atoms with Gasteiger partial charge in [-0.2, -0.15) is 0 Å². The summed E-state index contributed by atoms with van der Waals surface area (Å²) in [6, 6.07) is 11.3. The molecule has 1 fully saturated rings. The largest absolute Gasteiger partial charge is 0.321 e. The minimum absolute atomic E-state index is 0. The van der Waals surface area contributed by atoms with Crippen molar-refractivity contribution in [3.05, 3.63) is 58.9 Å². The smallest absolute Gasteiger partial charge is 0.274 e. The van der Waals surface area contributed by atoms with Crippen molar-refractivity contribution in [3.63, 3.8) is 0 Å². The lowest BCUT2D eigenvalue weighted by Gasteiger charge is -2.10. The zero-order valence-electron chi connectivity index (χ0n) is 11.9. The lowest BCUT2D eigenvalue weighted by Crippen LogP contribution is -2.13. The van der Waals surface area contributed by atoms with Gasteiger partial charge in [0.2, 0.25) is 0 Å². The van der Waals surface area contributed by atoms with Crippen LogP contribution in [0.4, 0.5) is 5.69 Å². The number of nitrogens with zero attached hydrogens (tertiary/aromatic N) is 1. The number of anilines is 1. The lowest BCUT2D eigenvalue weighted by atomic mass is 9.98. The number of aromatic nitrogens is 1. The summed E-state index contributed by atoms with van der Waals surface area (Å²) in [4.78, 5) is 16.0. The van der Waals surface area contributed by atoms with Crippen LogP contribution in [-0.2, 0) is 0 Å². The molecule has 3 rings (SSSR count). The molecule has 0 spiro atoms. The summed E-state index contributed by atoms with van der Waals surface area (Å²) in [5.74, 6) is 0.342. The van der Waals surface area contributed by atoms with Gasteiger partial charge in [-0.3, -0.25) is 4.79 Å². The van der Waals surface area contributed by atoms with Gasteiger partial charge in [0.1, 0.15) is 5.69 Å². The average molecular weight is 338 g/mol. The van der Waals surface area contributed by atoms with E-state index in [-0.39, 0.29) is 18.3 Å². The molecule has 1 atom stereocenters. The van der Waals surface area contributed by atoms with E-state index >= 15 is 0 Å². The Labute approximate surface area is 140 Å². The number of amides is 1. The zero-order valence-corrected chi connectivity index (χ0v) is 13.5. The molecule has 2 aromatic rings. The van der Waals surface area contributed by atoms with Crippen LogP contribution < -0.4 is 10.6 Å². The van der Waals surface area contributed by atoms with E-state index < -0.39 is 0 Å². The Morgan fingerprint density at radius 3 is 2.59 bits per heavy atom. The quantitative estimate of drug-likeness (QED) is 0.901. The number of benzene rings is 1. The van der Waals surface area contributed by atoms with Gasteiger partial charge in [0.15, 0.2) is 0 Å². The van der Waals surface area contributed by atoms with Crippen molar-refractivity contribution in [3.8, 4) is 0 Å². The third-order valence-electron chi connectivity index (χ3n) is 3.66. The van der Waals surface area contributed by atoms with Crippen LogP contribution in [0.25, 0.3) is 0 Å². The molecule has 0 bridgehead atoms. The molecule has 1 saturated heterocycles. The molecule has 4 nitrogen and oxygen atoms in total. The molecule has 1 aliphatic heterocycles. The normalized spacial score (nSPS) is 16.9. The first-order valence-electron chi connectivity index (χ1n) is 6.96. The van der Waals surface area contributed by atoms with Crippen LogP contribution in [0.15, 0.2) is 42.6 Å². The van der Waals surface area contributed by atoms with Crippen LogP contribution in [-0.4, -0.2) is 24.0 Å². The number of rotatable bonds is 3. The SMILES string of the molecule is Cl.O=C(Nc1ccc(C2CCNC2)cc1)c1ccc(Cl)cn1. The number of hydrogen-bond acceptors (Lipinski definition) is 3.